The molecule has 2 rings (SSSR count). The molecule has 0 aliphatic heterocycles. The first-order valence-electron chi connectivity index (χ1n) is 5.56. The molecular formula is C14H11Br2NO2. The molecule has 0 atom stereocenters. The Labute approximate surface area is 127 Å². The Bertz CT molecular complexity index is 614. The molecule has 0 radical (unpaired) electrons. The summed E-state index contributed by atoms with van der Waals surface area (Å²) < 4.78 is 1.62. The largest absolute Gasteiger partial charge is 0.392 e. The maximum Gasteiger partial charge on any atom is 0.256 e. The van der Waals surface area contributed by atoms with Crippen LogP contribution in [-0.2, 0) is 6.61 Å². The summed E-state index contributed by atoms with van der Waals surface area (Å²) in [6.07, 6.45) is 0. The molecule has 0 bridgehead atoms. The fraction of sp³-hybridized carbons (Fsp3) is 0.0714. The molecular weight excluding hydrogens is 374 g/mol. The van der Waals surface area contributed by atoms with Crippen molar-refractivity contribution in [1.82, 2.24) is 0 Å². The Morgan fingerprint density at radius 2 is 1.95 bits per heavy atom. The molecule has 0 heterocycles. The highest BCUT2D eigenvalue weighted by molar-refractivity contribution is 9.11. The standard InChI is InChI=1S/C14H11Br2NO2/c15-10-4-5-12(13(16)7-10)14(19)17-11-3-1-2-9(6-11)8-18/h1-7,18H,8H2,(H,17,19). The minimum Gasteiger partial charge on any atom is -0.392 e. The zero-order valence-corrected chi connectivity index (χ0v) is 13.0. The van der Waals surface area contributed by atoms with Gasteiger partial charge in [-0.3, -0.25) is 4.79 Å². The predicted molar refractivity (Wildman–Crippen MR) is 82.2 cm³/mol. The van der Waals surface area contributed by atoms with E-state index in [0.717, 1.165) is 14.5 Å². The minimum atomic E-state index is -0.200. The van der Waals surface area contributed by atoms with Crippen LogP contribution >= 0.6 is 31.9 Å². The van der Waals surface area contributed by atoms with E-state index < -0.39 is 0 Å². The summed E-state index contributed by atoms with van der Waals surface area (Å²) in [7, 11) is 0. The van der Waals surface area contributed by atoms with Crippen LogP contribution in [0.3, 0.4) is 0 Å². The van der Waals surface area contributed by atoms with Crippen molar-refractivity contribution in [2.45, 2.75) is 6.61 Å². The summed E-state index contributed by atoms with van der Waals surface area (Å²) >= 11 is 6.70. The second-order valence-corrected chi connectivity index (χ2v) is 5.71. The van der Waals surface area contributed by atoms with Crippen molar-refractivity contribution in [2.75, 3.05) is 5.32 Å². The van der Waals surface area contributed by atoms with Gasteiger partial charge in [-0.1, -0.05) is 28.1 Å². The van der Waals surface area contributed by atoms with E-state index in [1.807, 2.05) is 12.1 Å². The molecule has 0 unspecified atom stereocenters. The van der Waals surface area contributed by atoms with Crippen molar-refractivity contribution in [2.24, 2.45) is 0 Å². The average molecular weight is 385 g/mol. The number of benzene rings is 2. The Balaban J connectivity index is 2.20. The third kappa shape index (κ3) is 3.65. The van der Waals surface area contributed by atoms with Crippen LogP contribution in [0, 0.1) is 0 Å². The second-order valence-electron chi connectivity index (χ2n) is 3.94. The van der Waals surface area contributed by atoms with Gasteiger partial charge in [-0.15, -0.1) is 0 Å². The third-order valence-corrected chi connectivity index (χ3v) is 3.69. The molecule has 0 saturated carbocycles. The van der Waals surface area contributed by atoms with Crippen molar-refractivity contribution in [3.63, 3.8) is 0 Å². The highest BCUT2D eigenvalue weighted by Crippen LogP contribution is 2.23. The predicted octanol–water partition coefficient (Wildman–Crippen LogP) is 3.96. The summed E-state index contributed by atoms with van der Waals surface area (Å²) in [5, 5.41) is 11.9. The summed E-state index contributed by atoms with van der Waals surface area (Å²) in [4.78, 5) is 12.1. The van der Waals surface area contributed by atoms with E-state index in [-0.39, 0.29) is 12.5 Å². The number of nitrogens with one attached hydrogen (secondary N) is 1. The summed E-state index contributed by atoms with van der Waals surface area (Å²) in [6.45, 7) is -0.0499. The van der Waals surface area contributed by atoms with Crippen LogP contribution in [0.25, 0.3) is 0 Å². The molecule has 0 spiro atoms. The maximum absolute atomic E-state index is 12.1. The van der Waals surface area contributed by atoms with Gasteiger partial charge in [-0.2, -0.15) is 0 Å². The number of aliphatic hydroxyl groups excluding tert-OH is 1. The number of hydrogen-bond acceptors (Lipinski definition) is 2. The lowest BCUT2D eigenvalue weighted by atomic mass is 10.2. The van der Waals surface area contributed by atoms with E-state index in [9.17, 15) is 4.79 Å². The highest BCUT2D eigenvalue weighted by Gasteiger charge is 2.10. The lowest BCUT2D eigenvalue weighted by molar-refractivity contribution is 0.102. The van der Waals surface area contributed by atoms with Crippen LogP contribution in [0.1, 0.15) is 15.9 Å². The third-order valence-electron chi connectivity index (χ3n) is 2.54. The van der Waals surface area contributed by atoms with Gasteiger partial charge < -0.3 is 10.4 Å². The number of anilines is 1. The summed E-state index contributed by atoms with van der Waals surface area (Å²) in [6, 6.07) is 12.5. The Morgan fingerprint density at radius 3 is 2.63 bits per heavy atom. The zero-order chi connectivity index (χ0) is 13.8. The van der Waals surface area contributed by atoms with E-state index >= 15 is 0 Å². The van der Waals surface area contributed by atoms with E-state index in [0.29, 0.717) is 11.3 Å². The smallest absolute Gasteiger partial charge is 0.256 e. The molecule has 0 aliphatic carbocycles. The molecule has 2 N–H and O–H groups in total. The van der Waals surface area contributed by atoms with E-state index in [1.165, 1.54) is 0 Å². The number of amides is 1. The number of carbonyl (C=O) groups is 1. The molecule has 5 heteroatoms. The van der Waals surface area contributed by atoms with Crippen LogP contribution < -0.4 is 5.32 Å². The topological polar surface area (TPSA) is 49.3 Å². The molecule has 19 heavy (non-hydrogen) atoms. The number of halogens is 2. The second kappa shape index (κ2) is 6.32. The maximum atomic E-state index is 12.1. The van der Waals surface area contributed by atoms with Crippen LogP contribution in [0.4, 0.5) is 5.69 Å². The van der Waals surface area contributed by atoms with Crippen LogP contribution in [-0.4, -0.2) is 11.0 Å². The number of rotatable bonds is 3. The molecule has 1 amide bonds. The number of hydrogen-bond donors (Lipinski definition) is 2. The first kappa shape index (κ1) is 14.2. The van der Waals surface area contributed by atoms with Gasteiger partial charge in [0.15, 0.2) is 0 Å². The first-order chi connectivity index (χ1) is 9.10. The van der Waals surface area contributed by atoms with Crippen molar-refractivity contribution in [3.8, 4) is 0 Å². The molecule has 0 aliphatic rings. The van der Waals surface area contributed by atoms with Crippen molar-refractivity contribution < 1.29 is 9.90 Å². The first-order valence-corrected chi connectivity index (χ1v) is 7.15. The Kier molecular flexibility index (Phi) is 4.74. The zero-order valence-electron chi connectivity index (χ0n) is 9.86. The van der Waals surface area contributed by atoms with Crippen molar-refractivity contribution >= 4 is 43.5 Å². The van der Waals surface area contributed by atoms with Gasteiger partial charge in [0.05, 0.1) is 12.2 Å². The molecule has 3 nitrogen and oxygen atoms in total. The lowest BCUT2D eigenvalue weighted by Crippen LogP contribution is -2.12. The average Bonchev–Trinajstić information content (AvgIpc) is 2.38. The lowest BCUT2D eigenvalue weighted by Gasteiger charge is -2.08. The summed E-state index contributed by atoms with van der Waals surface area (Å²) in [5.41, 5.74) is 1.97. The quantitative estimate of drug-likeness (QED) is 0.841. The van der Waals surface area contributed by atoms with Gasteiger partial charge in [-0.05, 0) is 51.8 Å². The van der Waals surface area contributed by atoms with Gasteiger partial charge in [0.2, 0.25) is 0 Å². The molecule has 0 saturated heterocycles. The van der Waals surface area contributed by atoms with E-state index in [1.54, 1.807) is 30.3 Å². The van der Waals surface area contributed by atoms with Crippen LogP contribution in [0.2, 0.25) is 0 Å². The minimum absolute atomic E-state index is 0.0499. The van der Waals surface area contributed by atoms with Gasteiger partial charge in [0, 0.05) is 14.6 Å². The van der Waals surface area contributed by atoms with Crippen LogP contribution in [0.15, 0.2) is 51.4 Å². The molecule has 98 valence electrons. The molecule has 0 aromatic heterocycles. The summed E-state index contributed by atoms with van der Waals surface area (Å²) in [5.74, 6) is -0.200. The fourth-order valence-corrected chi connectivity index (χ4v) is 2.85. The fourth-order valence-electron chi connectivity index (χ4n) is 1.62. The molecule has 2 aromatic carbocycles. The van der Waals surface area contributed by atoms with Gasteiger partial charge in [-0.25, -0.2) is 0 Å². The number of aliphatic hydroxyl groups is 1. The Morgan fingerprint density at radius 1 is 1.16 bits per heavy atom. The van der Waals surface area contributed by atoms with Crippen molar-refractivity contribution in [3.05, 3.63) is 62.5 Å². The Hall–Kier alpha value is -1.17. The monoisotopic (exact) mass is 383 g/mol. The van der Waals surface area contributed by atoms with Gasteiger partial charge >= 0.3 is 0 Å². The van der Waals surface area contributed by atoms with E-state index in [4.69, 9.17) is 5.11 Å². The molecule has 0 fully saturated rings. The normalized spacial score (nSPS) is 10.3. The van der Waals surface area contributed by atoms with Gasteiger partial charge in [0.25, 0.3) is 5.91 Å². The number of carbonyl (C=O) groups excluding carboxylic acids is 1. The molecule has 2 aromatic rings. The SMILES string of the molecule is O=C(Nc1cccc(CO)c1)c1ccc(Br)cc1Br. The van der Waals surface area contributed by atoms with Crippen LogP contribution in [0.5, 0.6) is 0 Å². The van der Waals surface area contributed by atoms with Crippen molar-refractivity contribution in [1.29, 1.82) is 0 Å². The van der Waals surface area contributed by atoms with Gasteiger partial charge in [0.1, 0.15) is 0 Å². The highest BCUT2D eigenvalue weighted by atomic mass is 79.9. The van der Waals surface area contributed by atoms with E-state index in [2.05, 4.69) is 37.2 Å².